The van der Waals surface area contributed by atoms with Gasteiger partial charge in [-0.2, -0.15) is 0 Å². The Hall–Kier alpha value is -0.610. The number of hydrogen-bond acceptors (Lipinski definition) is 3. The van der Waals surface area contributed by atoms with Gasteiger partial charge in [-0.3, -0.25) is 0 Å². The number of hydrogen-bond donors (Lipinski definition) is 0. The topological polar surface area (TPSA) is 18.5 Å². The number of benzene rings is 1. The first-order valence-electron chi connectivity index (χ1n) is 5.85. The first kappa shape index (κ1) is 15.8. The van der Waals surface area contributed by atoms with Crippen molar-refractivity contribution in [3.63, 3.8) is 0 Å². The number of alkyl halides is 1. The third-order valence-corrected chi connectivity index (χ3v) is 4.79. The minimum atomic E-state index is -0.232. The molecule has 20 heavy (non-hydrogen) atoms. The Balaban J connectivity index is 2.19. The van der Waals surface area contributed by atoms with E-state index in [2.05, 4.69) is 0 Å². The van der Waals surface area contributed by atoms with Crippen molar-refractivity contribution >= 4 is 46.1 Å². The molecule has 1 aromatic carbocycles. The van der Waals surface area contributed by atoms with Crippen LogP contribution in [-0.4, -0.2) is 14.2 Å². The summed E-state index contributed by atoms with van der Waals surface area (Å²) in [5.74, 6) is 1.38. The van der Waals surface area contributed by atoms with Crippen LogP contribution in [-0.2, 0) is 6.42 Å². The van der Waals surface area contributed by atoms with Crippen molar-refractivity contribution < 1.29 is 9.47 Å². The van der Waals surface area contributed by atoms with E-state index in [1.54, 1.807) is 14.2 Å². The largest absolute Gasteiger partial charge is 0.493 e. The zero-order chi connectivity index (χ0) is 14.7. The molecule has 0 amide bonds. The summed E-state index contributed by atoms with van der Waals surface area (Å²) in [6.07, 6.45) is 0.634. The van der Waals surface area contributed by atoms with Crippen molar-refractivity contribution in [2.45, 2.75) is 11.8 Å². The minimum absolute atomic E-state index is 0.232. The van der Waals surface area contributed by atoms with Gasteiger partial charge in [-0.1, -0.05) is 29.3 Å². The van der Waals surface area contributed by atoms with E-state index in [1.165, 1.54) is 11.3 Å². The van der Waals surface area contributed by atoms with Crippen molar-refractivity contribution in [2.75, 3.05) is 14.2 Å². The van der Waals surface area contributed by atoms with Gasteiger partial charge in [-0.15, -0.1) is 22.9 Å². The average molecular weight is 352 g/mol. The summed E-state index contributed by atoms with van der Waals surface area (Å²) in [7, 11) is 3.21. The molecule has 0 N–H and O–H groups in total. The quantitative estimate of drug-likeness (QED) is 0.653. The second-order valence-electron chi connectivity index (χ2n) is 4.14. The van der Waals surface area contributed by atoms with Crippen LogP contribution < -0.4 is 9.47 Å². The van der Waals surface area contributed by atoms with Gasteiger partial charge in [-0.05, 0) is 30.2 Å². The Morgan fingerprint density at radius 1 is 1.10 bits per heavy atom. The van der Waals surface area contributed by atoms with Gasteiger partial charge in [0.05, 0.1) is 28.3 Å². The van der Waals surface area contributed by atoms with E-state index in [0.717, 1.165) is 11.1 Å². The highest BCUT2D eigenvalue weighted by Crippen LogP contribution is 2.39. The molecule has 0 aliphatic carbocycles. The summed E-state index contributed by atoms with van der Waals surface area (Å²) in [6, 6.07) is 7.54. The van der Waals surface area contributed by atoms with Crippen LogP contribution in [0, 0.1) is 0 Å². The summed E-state index contributed by atoms with van der Waals surface area (Å²) in [5.41, 5.74) is 1.90. The fourth-order valence-corrected chi connectivity index (χ4v) is 3.94. The first-order valence-corrected chi connectivity index (χ1v) is 7.85. The van der Waals surface area contributed by atoms with E-state index in [-0.39, 0.29) is 5.38 Å². The van der Waals surface area contributed by atoms with Crippen molar-refractivity contribution in [3.05, 3.63) is 44.1 Å². The van der Waals surface area contributed by atoms with Gasteiger partial charge in [0.1, 0.15) is 0 Å². The molecular formula is C14H13Cl3O2S. The van der Waals surface area contributed by atoms with Gasteiger partial charge in [0.2, 0.25) is 0 Å². The third-order valence-electron chi connectivity index (χ3n) is 2.88. The molecule has 6 heteroatoms. The maximum absolute atomic E-state index is 6.42. The molecule has 0 radical (unpaired) electrons. The van der Waals surface area contributed by atoms with Gasteiger partial charge in [-0.25, -0.2) is 0 Å². The maximum atomic E-state index is 6.42. The van der Waals surface area contributed by atoms with Crippen LogP contribution in [0.1, 0.15) is 16.5 Å². The molecule has 0 aliphatic heterocycles. The molecule has 1 aromatic heterocycles. The van der Waals surface area contributed by atoms with Gasteiger partial charge in [0, 0.05) is 5.56 Å². The minimum Gasteiger partial charge on any atom is -0.493 e. The predicted molar refractivity (Wildman–Crippen MR) is 86.2 cm³/mol. The fraction of sp³-hybridized carbons (Fsp3) is 0.286. The summed E-state index contributed by atoms with van der Waals surface area (Å²) in [6.45, 7) is 0. The van der Waals surface area contributed by atoms with Gasteiger partial charge < -0.3 is 9.47 Å². The molecule has 0 aliphatic rings. The SMILES string of the molecule is COc1ccc(CC(Cl)c2cc(Cl)sc2Cl)cc1OC. The van der Waals surface area contributed by atoms with Crippen LogP contribution in [0.4, 0.5) is 0 Å². The summed E-state index contributed by atoms with van der Waals surface area (Å²) < 4.78 is 11.8. The monoisotopic (exact) mass is 350 g/mol. The van der Waals surface area contributed by atoms with Crippen LogP contribution in [0.25, 0.3) is 0 Å². The molecule has 0 spiro atoms. The van der Waals surface area contributed by atoms with Gasteiger partial charge in [0.15, 0.2) is 11.5 Å². The standard InChI is InChI=1S/C14H13Cl3O2S/c1-18-11-4-3-8(6-12(11)19-2)5-10(15)9-7-13(16)20-14(9)17/h3-4,6-7,10H,5H2,1-2H3. The Morgan fingerprint density at radius 2 is 1.80 bits per heavy atom. The van der Waals surface area contributed by atoms with Crippen molar-refractivity contribution in [1.29, 1.82) is 0 Å². The van der Waals surface area contributed by atoms with Gasteiger partial charge in [0.25, 0.3) is 0 Å². The summed E-state index contributed by atoms with van der Waals surface area (Å²) in [5, 5.41) is -0.232. The lowest BCUT2D eigenvalue weighted by molar-refractivity contribution is 0.354. The molecule has 2 rings (SSSR count). The average Bonchev–Trinajstić information content (AvgIpc) is 2.77. The molecule has 0 bridgehead atoms. The third kappa shape index (κ3) is 3.53. The highest BCUT2D eigenvalue weighted by molar-refractivity contribution is 7.20. The zero-order valence-corrected chi connectivity index (χ0v) is 14.0. The molecule has 1 atom stereocenters. The molecular weight excluding hydrogens is 339 g/mol. The Kier molecular flexibility index (Phi) is 5.44. The van der Waals surface area contributed by atoms with Crippen LogP contribution in [0.3, 0.4) is 0 Å². The number of thiophene rings is 1. The Bertz CT molecular complexity index is 598. The van der Waals surface area contributed by atoms with E-state index >= 15 is 0 Å². The molecule has 2 aromatic rings. The first-order chi connectivity index (χ1) is 9.55. The van der Waals surface area contributed by atoms with E-state index in [0.29, 0.717) is 26.6 Å². The predicted octanol–water partition coefficient (Wildman–Crippen LogP) is 5.59. The summed E-state index contributed by atoms with van der Waals surface area (Å²) in [4.78, 5) is 0. The van der Waals surface area contributed by atoms with Crippen LogP contribution in [0.2, 0.25) is 8.67 Å². The smallest absolute Gasteiger partial charge is 0.160 e. The summed E-state index contributed by atoms with van der Waals surface area (Å²) >= 11 is 19.8. The second-order valence-corrected chi connectivity index (χ2v) is 6.95. The molecule has 108 valence electrons. The second kappa shape index (κ2) is 6.90. The van der Waals surface area contributed by atoms with E-state index < -0.39 is 0 Å². The number of methoxy groups -OCH3 is 2. The van der Waals surface area contributed by atoms with Crippen molar-refractivity contribution in [1.82, 2.24) is 0 Å². The van der Waals surface area contributed by atoms with Gasteiger partial charge >= 0.3 is 0 Å². The number of ether oxygens (including phenoxy) is 2. The van der Waals surface area contributed by atoms with Crippen LogP contribution in [0.5, 0.6) is 11.5 Å². The highest BCUT2D eigenvalue weighted by Gasteiger charge is 2.16. The molecule has 2 nitrogen and oxygen atoms in total. The van der Waals surface area contributed by atoms with E-state index in [4.69, 9.17) is 44.3 Å². The molecule has 1 heterocycles. The number of halogens is 3. The van der Waals surface area contributed by atoms with E-state index in [1.807, 2.05) is 24.3 Å². The molecule has 0 fully saturated rings. The van der Waals surface area contributed by atoms with Crippen molar-refractivity contribution in [2.24, 2.45) is 0 Å². The highest BCUT2D eigenvalue weighted by atomic mass is 35.5. The molecule has 0 saturated carbocycles. The normalized spacial score (nSPS) is 12.2. The maximum Gasteiger partial charge on any atom is 0.160 e. The lowest BCUT2D eigenvalue weighted by atomic mass is 10.1. The molecule has 1 unspecified atom stereocenters. The Morgan fingerprint density at radius 3 is 2.35 bits per heavy atom. The van der Waals surface area contributed by atoms with E-state index in [9.17, 15) is 0 Å². The van der Waals surface area contributed by atoms with Crippen LogP contribution in [0.15, 0.2) is 24.3 Å². The Labute approximate surface area is 137 Å². The fourth-order valence-electron chi connectivity index (χ4n) is 1.89. The lowest BCUT2D eigenvalue weighted by Crippen LogP contribution is -1.97. The number of rotatable bonds is 5. The van der Waals surface area contributed by atoms with Crippen molar-refractivity contribution in [3.8, 4) is 11.5 Å². The molecule has 0 saturated heterocycles. The zero-order valence-electron chi connectivity index (χ0n) is 11.0. The lowest BCUT2D eigenvalue weighted by Gasteiger charge is -2.12. The van der Waals surface area contributed by atoms with Crippen LogP contribution >= 0.6 is 46.1 Å².